The SMILES string of the molecule is NCCCC[C@H](NC(=O)CN)C(=O)N[C@@H](Cc1cnc[nH]1)C(=O)NCC(=O)O. The van der Waals surface area contributed by atoms with E-state index in [1.54, 1.807) is 0 Å². The van der Waals surface area contributed by atoms with Crippen LogP contribution >= 0.6 is 0 Å². The molecule has 3 amide bonds. The number of rotatable bonds is 13. The third-order valence-corrected chi connectivity index (χ3v) is 3.81. The number of hydrogen-bond donors (Lipinski definition) is 7. The van der Waals surface area contributed by atoms with Gasteiger partial charge in [0.05, 0.1) is 12.9 Å². The highest BCUT2D eigenvalue weighted by atomic mass is 16.4. The largest absolute Gasteiger partial charge is 0.480 e. The minimum Gasteiger partial charge on any atom is -0.480 e. The van der Waals surface area contributed by atoms with Gasteiger partial charge < -0.3 is 37.5 Å². The Balaban J connectivity index is 2.84. The fraction of sp³-hybridized carbons (Fsp3) is 0.562. The lowest BCUT2D eigenvalue weighted by molar-refractivity contribution is -0.138. The van der Waals surface area contributed by atoms with Crippen LogP contribution in [0.5, 0.6) is 0 Å². The van der Waals surface area contributed by atoms with Gasteiger partial charge in [0.1, 0.15) is 18.6 Å². The normalized spacial score (nSPS) is 12.6. The summed E-state index contributed by atoms with van der Waals surface area (Å²) in [4.78, 5) is 53.9. The molecule has 1 heterocycles. The van der Waals surface area contributed by atoms with Gasteiger partial charge in [-0.05, 0) is 25.8 Å². The molecule has 0 aromatic carbocycles. The second-order valence-electron chi connectivity index (χ2n) is 6.06. The first-order chi connectivity index (χ1) is 13.4. The summed E-state index contributed by atoms with van der Waals surface area (Å²) in [5, 5.41) is 16.0. The Labute approximate surface area is 161 Å². The van der Waals surface area contributed by atoms with E-state index in [0.717, 1.165) is 0 Å². The van der Waals surface area contributed by atoms with E-state index in [9.17, 15) is 19.2 Å². The molecule has 156 valence electrons. The Morgan fingerprint density at radius 3 is 2.43 bits per heavy atom. The lowest BCUT2D eigenvalue weighted by Gasteiger charge is -2.22. The van der Waals surface area contributed by atoms with E-state index in [-0.39, 0.29) is 13.0 Å². The average molecular weight is 397 g/mol. The Hall–Kier alpha value is -2.99. The van der Waals surface area contributed by atoms with Crippen molar-refractivity contribution >= 4 is 23.7 Å². The zero-order chi connectivity index (χ0) is 20.9. The predicted molar refractivity (Wildman–Crippen MR) is 98.8 cm³/mol. The van der Waals surface area contributed by atoms with Crippen LogP contribution in [0.4, 0.5) is 0 Å². The average Bonchev–Trinajstić information content (AvgIpc) is 3.17. The molecule has 0 saturated carbocycles. The van der Waals surface area contributed by atoms with Gasteiger partial charge in [-0.2, -0.15) is 0 Å². The van der Waals surface area contributed by atoms with Crippen molar-refractivity contribution in [2.75, 3.05) is 19.6 Å². The van der Waals surface area contributed by atoms with E-state index in [2.05, 4.69) is 25.9 Å². The first kappa shape index (κ1) is 23.0. The number of amides is 3. The van der Waals surface area contributed by atoms with Gasteiger partial charge in [-0.15, -0.1) is 0 Å². The zero-order valence-corrected chi connectivity index (χ0v) is 15.4. The van der Waals surface area contributed by atoms with Crippen molar-refractivity contribution in [1.29, 1.82) is 0 Å². The Morgan fingerprint density at radius 2 is 1.86 bits per heavy atom. The number of nitrogens with zero attached hydrogens (tertiary/aromatic N) is 1. The summed E-state index contributed by atoms with van der Waals surface area (Å²) in [7, 11) is 0. The molecule has 12 heteroatoms. The molecule has 0 spiro atoms. The van der Waals surface area contributed by atoms with Crippen molar-refractivity contribution in [2.24, 2.45) is 11.5 Å². The minimum absolute atomic E-state index is 0.0670. The number of aliphatic carboxylic acids is 1. The first-order valence-electron chi connectivity index (χ1n) is 8.84. The van der Waals surface area contributed by atoms with Gasteiger partial charge in [-0.1, -0.05) is 0 Å². The molecule has 0 fully saturated rings. The topological polar surface area (TPSA) is 205 Å². The summed E-state index contributed by atoms with van der Waals surface area (Å²) < 4.78 is 0. The van der Waals surface area contributed by atoms with Crippen LogP contribution in [0.1, 0.15) is 25.0 Å². The van der Waals surface area contributed by atoms with Crippen LogP contribution in [-0.2, 0) is 25.6 Å². The van der Waals surface area contributed by atoms with Crippen molar-refractivity contribution in [3.8, 4) is 0 Å². The number of aromatic amines is 1. The number of carboxylic acids is 1. The van der Waals surface area contributed by atoms with Crippen LogP contribution < -0.4 is 27.4 Å². The molecule has 12 nitrogen and oxygen atoms in total. The molecule has 0 saturated heterocycles. The lowest BCUT2D eigenvalue weighted by atomic mass is 10.1. The van der Waals surface area contributed by atoms with Gasteiger partial charge >= 0.3 is 5.97 Å². The third-order valence-electron chi connectivity index (χ3n) is 3.81. The van der Waals surface area contributed by atoms with Gasteiger partial charge in [-0.25, -0.2) is 4.98 Å². The van der Waals surface area contributed by atoms with Crippen molar-refractivity contribution in [3.05, 3.63) is 18.2 Å². The maximum atomic E-state index is 12.7. The maximum absolute atomic E-state index is 12.7. The van der Waals surface area contributed by atoms with Crippen molar-refractivity contribution in [1.82, 2.24) is 25.9 Å². The number of nitrogens with two attached hydrogens (primary N) is 2. The second kappa shape index (κ2) is 12.4. The van der Waals surface area contributed by atoms with Crippen LogP contribution in [0.25, 0.3) is 0 Å². The molecule has 9 N–H and O–H groups in total. The molecule has 0 radical (unpaired) electrons. The van der Waals surface area contributed by atoms with E-state index >= 15 is 0 Å². The number of nitrogens with one attached hydrogen (secondary N) is 4. The standard InChI is InChI=1S/C16H27N7O5/c17-4-2-1-3-11(22-13(24)6-18)16(28)23-12(5-10-7-19-9-21-10)15(27)20-8-14(25)26/h7,9,11-12H,1-6,8,17-18H2,(H,19,21)(H,20,27)(H,22,24)(H,23,28)(H,25,26)/t11-,12-/m0/s1. The van der Waals surface area contributed by atoms with Crippen molar-refractivity contribution in [3.63, 3.8) is 0 Å². The van der Waals surface area contributed by atoms with E-state index in [4.69, 9.17) is 16.6 Å². The van der Waals surface area contributed by atoms with Crippen LogP contribution in [-0.4, -0.2) is 70.5 Å². The van der Waals surface area contributed by atoms with Crippen LogP contribution in [0.2, 0.25) is 0 Å². The van der Waals surface area contributed by atoms with Crippen molar-refractivity contribution in [2.45, 2.75) is 37.8 Å². The molecule has 0 bridgehead atoms. The highest BCUT2D eigenvalue weighted by Crippen LogP contribution is 2.04. The molecule has 1 rings (SSSR count). The van der Waals surface area contributed by atoms with E-state index in [1.807, 2.05) is 0 Å². The Kier molecular flexibility index (Phi) is 10.2. The number of aromatic nitrogens is 2. The van der Waals surface area contributed by atoms with Gasteiger partial charge in [0.2, 0.25) is 17.7 Å². The highest BCUT2D eigenvalue weighted by Gasteiger charge is 2.27. The van der Waals surface area contributed by atoms with E-state index < -0.39 is 42.3 Å². The quantitative estimate of drug-likeness (QED) is 0.173. The molecular weight excluding hydrogens is 370 g/mol. The fourth-order valence-corrected chi connectivity index (χ4v) is 2.40. The van der Waals surface area contributed by atoms with Gasteiger partial charge in [0.25, 0.3) is 0 Å². The molecule has 0 unspecified atom stereocenters. The van der Waals surface area contributed by atoms with Crippen LogP contribution in [0, 0.1) is 0 Å². The molecule has 1 aromatic rings. The lowest BCUT2D eigenvalue weighted by Crippen LogP contribution is -2.55. The number of hydrogen-bond acceptors (Lipinski definition) is 7. The van der Waals surface area contributed by atoms with Crippen molar-refractivity contribution < 1.29 is 24.3 Å². The molecule has 0 aliphatic carbocycles. The molecule has 0 aliphatic rings. The number of carbonyl (C=O) groups excluding carboxylic acids is 3. The van der Waals surface area contributed by atoms with Gasteiger partial charge in [-0.3, -0.25) is 19.2 Å². The smallest absolute Gasteiger partial charge is 0.322 e. The van der Waals surface area contributed by atoms with Gasteiger partial charge in [0, 0.05) is 18.3 Å². The summed E-state index contributed by atoms with van der Waals surface area (Å²) in [5.74, 6) is -2.96. The first-order valence-corrected chi connectivity index (χ1v) is 8.84. The van der Waals surface area contributed by atoms with Crippen LogP contribution in [0.15, 0.2) is 12.5 Å². The molecule has 2 atom stereocenters. The third kappa shape index (κ3) is 8.60. The fourth-order valence-electron chi connectivity index (χ4n) is 2.40. The number of H-pyrrole nitrogens is 1. The maximum Gasteiger partial charge on any atom is 0.322 e. The highest BCUT2D eigenvalue weighted by molar-refractivity contribution is 5.93. The van der Waals surface area contributed by atoms with E-state index in [0.29, 0.717) is 31.5 Å². The molecule has 0 aliphatic heterocycles. The molecule has 28 heavy (non-hydrogen) atoms. The molecule has 1 aromatic heterocycles. The van der Waals surface area contributed by atoms with E-state index in [1.165, 1.54) is 12.5 Å². The predicted octanol–water partition coefficient (Wildman–Crippen LogP) is -2.79. The number of carbonyl (C=O) groups is 4. The second-order valence-corrected chi connectivity index (χ2v) is 6.06. The zero-order valence-electron chi connectivity index (χ0n) is 15.4. The summed E-state index contributed by atoms with van der Waals surface area (Å²) in [6, 6.07) is -1.95. The summed E-state index contributed by atoms with van der Waals surface area (Å²) >= 11 is 0. The summed E-state index contributed by atoms with van der Waals surface area (Å²) in [6.07, 6.45) is 4.55. The van der Waals surface area contributed by atoms with Gasteiger partial charge in [0.15, 0.2) is 0 Å². The molecular formula is C16H27N7O5. The minimum atomic E-state index is -1.21. The Morgan fingerprint density at radius 1 is 1.11 bits per heavy atom. The number of unbranched alkanes of at least 4 members (excludes halogenated alkanes) is 1. The monoisotopic (exact) mass is 397 g/mol. The summed E-state index contributed by atoms with van der Waals surface area (Å²) in [6.45, 7) is -0.422. The Bertz CT molecular complexity index is 650. The summed E-state index contributed by atoms with van der Waals surface area (Å²) in [5.41, 5.74) is 11.3. The number of imidazole rings is 1. The number of carboxylic acid groups (broad SMARTS) is 1. The van der Waals surface area contributed by atoms with Crippen LogP contribution in [0.3, 0.4) is 0 Å².